The van der Waals surface area contributed by atoms with Crippen molar-refractivity contribution in [2.24, 2.45) is 0 Å². The molecular formula is C13H16N2. The molecular weight excluding hydrogens is 184 g/mol. The molecule has 0 aliphatic rings. The highest BCUT2D eigenvalue weighted by molar-refractivity contribution is 5.83. The lowest BCUT2D eigenvalue weighted by molar-refractivity contribution is 0.630. The maximum Gasteiger partial charge on any atom is 0.126 e. The van der Waals surface area contributed by atoms with Crippen LogP contribution in [0.3, 0.4) is 0 Å². The zero-order valence-corrected chi connectivity index (χ0v) is 9.41. The van der Waals surface area contributed by atoms with Crippen LogP contribution in [0.25, 0.3) is 10.8 Å². The maximum absolute atomic E-state index is 4.38. The first-order valence-corrected chi connectivity index (χ1v) is 5.18. The van der Waals surface area contributed by atoms with Crippen molar-refractivity contribution < 1.29 is 0 Å². The Kier molecular flexibility index (Phi) is 2.35. The van der Waals surface area contributed by atoms with Gasteiger partial charge < -0.3 is 5.32 Å². The van der Waals surface area contributed by atoms with E-state index >= 15 is 0 Å². The number of nitrogens with zero attached hydrogens (tertiary/aromatic N) is 1. The van der Waals surface area contributed by atoms with Gasteiger partial charge in [-0.2, -0.15) is 0 Å². The third kappa shape index (κ3) is 2.46. The Balaban J connectivity index is 2.39. The molecule has 78 valence electrons. The first-order chi connectivity index (χ1) is 7.04. The molecule has 0 aliphatic carbocycles. The predicted octanol–water partition coefficient (Wildman–Crippen LogP) is 3.45. The zero-order chi connectivity index (χ0) is 10.9. The summed E-state index contributed by atoms with van der Waals surface area (Å²) in [6, 6.07) is 10.3. The highest BCUT2D eigenvalue weighted by atomic mass is 15.0. The van der Waals surface area contributed by atoms with Crippen molar-refractivity contribution in [1.82, 2.24) is 4.98 Å². The molecule has 0 spiro atoms. The van der Waals surface area contributed by atoms with Crippen LogP contribution in [-0.2, 0) is 0 Å². The fraction of sp³-hybridized carbons (Fsp3) is 0.308. The molecule has 15 heavy (non-hydrogen) atoms. The summed E-state index contributed by atoms with van der Waals surface area (Å²) in [5.74, 6) is 0.932. The van der Waals surface area contributed by atoms with Gasteiger partial charge in [-0.05, 0) is 32.2 Å². The Labute approximate surface area is 90.3 Å². The molecule has 1 aromatic heterocycles. The highest BCUT2D eigenvalue weighted by Crippen LogP contribution is 2.18. The van der Waals surface area contributed by atoms with E-state index < -0.39 is 0 Å². The molecule has 0 saturated heterocycles. The van der Waals surface area contributed by atoms with Crippen LogP contribution >= 0.6 is 0 Å². The molecule has 0 atom stereocenters. The molecule has 0 amide bonds. The molecule has 0 fully saturated rings. The van der Waals surface area contributed by atoms with Gasteiger partial charge in [-0.15, -0.1) is 0 Å². The topological polar surface area (TPSA) is 24.9 Å². The molecule has 2 heteroatoms. The van der Waals surface area contributed by atoms with E-state index in [1.807, 2.05) is 18.3 Å². The molecule has 0 saturated carbocycles. The van der Waals surface area contributed by atoms with Gasteiger partial charge in [0.2, 0.25) is 0 Å². The van der Waals surface area contributed by atoms with Gasteiger partial charge in [-0.25, -0.2) is 4.98 Å². The minimum absolute atomic E-state index is 0.0510. The second kappa shape index (κ2) is 3.54. The highest BCUT2D eigenvalue weighted by Gasteiger charge is 2.09. The second-order valence-corrected chi connectivity index (χ2v) is 4.79. The molecule has 1 N–H and O–H groups in total. The molecule has 2 nitrogen and oxygen atoms in total. The van der Waals surface area contributed by atoms with E-state index in [1.165, 1.54) is 10.8 Å². The number of pyridine rings is 1. The number of aromatic nitrogens is 1. The summed E-state index contributed by atoms with van der Waals surface area (Å²) in [5, 5.41) is 5.76. The van der Waals surface area contributed by atoms with Crippen LogP contribution in [0.1, 0.15) is 20.8 Å². The van der Waals surface area contributed by atoms with Crippen molar-refractivity contribution in [3.8, 4) is 0 Å². The molecule has 0 unspecified atom stereocenters. The first kappa shape index (κ1) is 9.97. The Bertz CT molecular complexity index is 469. The first-order valence-electron chi connectivity index (χ1n) is 5.18. The van der Waals surface area contributed by atoms with Crippen molar-refractivity contribution in [3.05, 3.63) is 36.5 Å². The van der Waals surface area contributed by atoms with Crippen molar-refractivity contribution in [2.45, 2.75) is 26.3 Å². The van der Waals surface area contributed by atoms with Crippen LogP contribution in [0.15, 0.2) is 36.5 Å². The van der Waals surface area contributed by atoms with Gasteiger partial charge in [0.05, 0.1) is 0 Å². The van der Waals surface area contributed by atoms with Crippen LogP contribution in [0.2, 0.25) is 0 Å². The number of fused-ring (bicyclic) bond motifs is 1. The van der Waals surface area contributed by atoms with Crippen molar-refractivity contribution in [1.29, 1.82) is 0 Å². The van der Waals surface area contributed by atoms with E-state index in [1.54, 1.807) is 0 Å². The zero-order valence-electron chi connectivity index (χ0n) is 9.41. The quantitative estimate of drug-likeness (QED) is 0.762. The number of hydrogen-bond acceptors (Lipinski definition) is 2. The minimum atomic E-state index is 0.0510. The van der Waals surface area contributed by atoms with E-state index in [4.69, 9.17) is 0 Å². The lowest BCUT2D eigenvalue weighted by Crippen LogP contribution is -2.26. The summed E-state index contributed by atoms with van der Waals surface area (Å²) in [4.78, 5) is 4.38. The van der Waals surface area contributed by atoms with Crippen LogP contribution in [0, 0.1) is 0 Å². The second-order valence-electron chi connectivity index (χ2n) is 4.79. The van der Waals surface area contributed by atoms with E-state index in [0.29, 0.717) is 0 Å². The van der Waals surface area contributed by atoms with Gasteiger partial charge in [0.25, 0.3) is 0 Å². The Morgan fingerprint density at radius 3 is 2.40 bits per heavy atom. The Morgan fingerprint density at radius 2 is 1.73 bits per heavy atom. The molecule has 0 aliphatic heterocycles. The van der Waals surface area contributed by atoms with Gasteiger partial charge in [0.1, 0.15) is 5.82 Å². The molecule has 1 heterocycles. The van der Waals surface area contributed by atoms with Crippen LogP contribution in [0.4, 0.5) is 5.82 Å². The average Bonchev–Trinajstić information content (AvgIpc) is 2.15. The number of benzene rings is 1. The lowest BCUT2D eigenvalue weighted by atomic mass is 10.1. The molecule has 1 aromatic carbocycles. The minimum Gasteiger partial charge on any atom is -0.365 e. The van der Waals surface area contributed by atoms with Gasteiger partial charge in [0, 0.05) is 17.1 Å². The van der Waals surface area contributed by atoms with E-state index in [9.17, 15) is 0 Å². The van der Waals surface area contributed by atoms with Crippen LogP contribution < -0.4 is 5.32 Å². The molecule has 0 bridgehead atoms. The van der Waals surface area contributed by atoms with Gasteiger partial charge >= 0.3 is 0 Å². The molecule has 2 aromatic rings. The fourth-order valence-electron chi connectivity index (χ4n) is 1.54. The SMILES string of the molecule is CC(C)(C)Nc1cc2ccccc2cn1. The van der Waals surface area contributed by atoms with Crippen molar-refractivity contribution in [3.63, 3.8) is 0 Å². The third-order valence-corrected chi connectivity index (χ3v) is 2.13. The van der Waals surface area contributed by atoms with E-state index in [-0.39, 0.29) is 5.54 Å². The van der Waals surface area contributed by atoms with E-state index in [0.717, 1.165) is 5.82 Å². The number of anilines is 1. The summed E-state index contributed by atoms with van der Waals surface area (Å²) >= 11 is 0. The van der Waals surface area contributed by atoms with Crippen LogP contribution in [-0.4, -0.2) is 10.5 Å². The van der Waals surface area contributed by atoms with Crippen molar-refractivity contribution in [2.75, 3.05) is 5.32 Å². The number of rotatable bonds is 1. The smallest absolute Gasteiger partial charge is 0.126 e. The largest absolute Gasteiger partial charge is 0.365 e. The number of hydrogen-bond donors (Lipinski definition) is 1. The Morgan fingerprint density at radius 1 is 1.07 bits per heavy atom. The summed E-state index contributed by atoms with van der Waals surface area (Å²) in [6.45, 7) is 6.39. The summed E-state index contributed by atoms with van der Waals surface area (Å²) in [5.41, 5.74) is 0.0510. The molecule has 0 radical (unpaired) electrons. The van der Waals surface area contributed by atoms with Gasteiger partial charge in [-0.3, -0.25) is 0 Å². The van der Waals surface area contributed by atoms with Gasteiger partial charge in [0.15, 0.2) is 0 Å². The van der Waals surface area contributed by atoms with Crippen molar-refractivity contribution >= 4 is 16.6 Å². The number of nitrogens with one attached hydrogen (secondary N) is 1. The monoisotopic (exact) mass is 200 g/mol. The summed E-state index contributed by atoms with van der Waals surface area (Å²) < 4.78 is 0. The van der Waals surface area contributed by atoms with Gasteiger partial charge in [-0.1, -0.05) is 24.3 Å². The predicted molar refractivity (Wildman–Crippen MR) is 65.1 cm³/mol. The van der Waals surface area contributed by atoms with Crippen LogP contribution in [0.5, 0.6) is 0 Å². The normalized spacial score (nSPS) is 11.7. The lowest BCUT2D eigenvalue weighted by Gasteiger charge is -2.21. The summed E-state index contributed by atoms with van der Waals surface area (Å²) in [6.07, 6.45) is 1.91. The Hall–Kier alpha value is -1.57. The van der Waals surface area contributed by atoms with E-state index in [2.05, 4.69) is 49.3 Å². The average molecular weight is 200 g/mol. The fourth-order valence-corrected chi connectivity index (χ4v) is 1.54. The maximum atomic E-state index is 4.38. The standard InChI is InChI=1S/C13H16N2/c1-13(2,3)15-12-8-10-6-4-5-7-11(10)9-14-12/h4-9H,1-3H3,(H,14,15). The third-order valence-electron chi connectivity index (χ3n) is 2.13. The molecule has 2 rings (SSSR count). The summed E-state index contributed by atoms with van der Waals surface area (Å²) in [7, 11) is 0.